The maximum atomic E-state index is 12.4. The first-order valence-corrected chi connectivity index (χ1v) is 7.89. The van der Waals surface area contributed by atoms with Crippen LogP contribution in [-0.4, -0.2) is 29.1 Å². The monoisotopic (exact) mass is 341 g/mol. The van der Waals surface area contributed by atoms with Gasteiger partial charge in [0.25, 0.3) is 0 Å². The molecule has 1 fully saturated rings. The van der Waals surface area contributed by atoms with Gasteiger partial charge in [0, 0.05) is 5.56 Å². The molecular weight excluding hydrogens is 320 g/mol. The molecule has 7 heteroatoms. The molecule has 0 atom stereocenters. The minimum absolute atomic E-state index is 0.0794. The van der Waals surface area contributed by atoms with Gasteiger partial charge in [0.05, 0.1) is 6.42 Å². The third kappa shape index (κ3) is 4.43. The van der Waals surface area contributed by atoms with Gasteiger partial charge < -0.3 is 15.2 Å². The van der Waals surface area contributed by atoms with Crippen LogP contribution in [0.3, 0.4) is 0 Å². The standard InChI is InChI=1S/C17H21F2NO4/c1-11-6-8-17(9-7-11,15(22)23)20-14(21)10-12-4-2-3-5-13(12)24-16(18)19/h2-5,11,16H,6-10H2,1H3,(H,20,21)(H,22,23). The first-order chi connectivity index (χ1) is 11.3. The number of ether oxygens (including phenoxy) is 1. The fourth-order valence-electron chi connectivity index (χ4n) is 2.99. The van der Waals surface area contributed by atoms with Gasteiger partial charge in [-0.2, -0.15) is 8.78 Å². The second-order valence-corrected chi connectivity index (χ2v) is 6.28. The largest absolute Gasteiger partial charge is 0.480 e. The molecule has 132 valence electrons. The van der Waals surface area contributed by atoms with Crippen molar-refractivity contribution in [3.05, 3.63) is 29.8 Å². The van der Waals surface area contributed by atoms with Gasteiger partial charge in [-0.15, -0.1) is 0 Å². The molecule has 2 N–H and O–H groups in total. The Kier molecular flexibility index (Phi) is 5.75. The fourth-order valence-corrected chi connectivity index (χ4v) is 2.99. The molecule has 0 aromatic heterocycles. The Morgan fingerprint density at radius 1 is 1.33 bits per heavy atom. The van der Waals surface area contributed by atoms with Crippen LogP contribution in [-0.2, 0) is 16.0 Å². The van der Waals surface area contributed by atoms with Crippen LogP contribution in [0, 0.1) is 5.92 Å². The normalized spacial score (nSPS) is 23.8. The molecule has 5 nitrogen and oxygen atoms in total. The van der Waals surface area contributed by atoms with E-state index in [-0.39, 0.29) is 12.2 Å². The van der Waals surface area contributed by atoms with E-state index in [1.807, 2.05) is 6.92 Å². The highest BCUT2D eigenvalue weighted by molar-refractivity contribution is 5.88. The number of aliphatic carboxylic acids is 1. The summed E-state index contributed by atoms with van der Waals surface area (Å²) in [7, 11) is 0. The molecule has 1 amide bonds. The van der Waals surface area contributed by atoms with E-state index in [9.17, 15) is 23.5 Å². The Morgan fingerprint density at radius 3 is 2.54 bits per heavy atom. The summed E-state index contributed by atoms with van der Waals surface area (Å²) in [5.74, 6) is -1.23. The predicted octanol–water partition coefficient (Wildman–Crippen LogP) is 2.98. The van der Waals surface area contributed by atoms with Crippen LogP contribution in [0.25, 0.3) is 0 Å². The number of amides is 1. The average molecular weight is 341 g/mol. The number of carbonyl (C=O) groups excluding carboxylic acids is 1. The zero-order valence-corrected chi connectivity index (χ0v) is 13.4. The van der Waals surface area contributed by atoms with Crippen molar-refractivity contribution in [3.63, 3.8) is 0 Å². The third-order valence-corrected chi connectivity index (χ3v) is 4.46. The lowest BCUT2D eigenvalue weighted by Gasteiger charge is -2.36. The Labute approximate surface area is 139 Å². The highest BCUT2D eigenvalue weighted by atomic mass is 19.3. The van der Waals surface area contributed by atoms with Crippen LogP contribution >= 0.6 is 0 Å². The van der Waals surface area contributed by atoms with Crippen molar-refractivity contribution in [2.24, 2.45) is 5.92 Å². The van der Waals surface area contributed by atoms with E-state index in [2.05, 4.69) is 10.1 Å². The van der Waals surface area contributed by atoms with E-state index in [1.165, 1.54) is 18.2 Å². The van der Waals surface area contributed by atoms with E-state index in [1.54, 1.807) is 6.07 Å². The Bertz CT molecular complexity index is 598. The highest BCUT2D eigenvalue weighted by Gasteiger charge is 2.42. The molecule has 1 aliphatic rings. The first kappa shape index (κ1) is 18.2. The van der Waals surface area contributed by atoms with E-state index in [0.717, 1.165) is 12.8 Å². The van der Waals surface area contributed by atoms with Crippen LogP contribution in [0.2, 0.25) is 0 Å². The lowest BCUT2D eigenvalue weighted by molar-refractivity contribution is -0.149. The maximum absolute atomic E-state index is 12.4. The van der Waals surface area contributed by atoms with Crippen molar-refractivity contribution in [2.75, 3.05) is 0 Å². The molecule has 0 heterocycles. The molecule has 2 rings (SSSR count). The molecule has 1 aromatic carbocycles. The first-order valence-electron chi connectivity index (χ1n) is 7.89. The van der Waals surface area contributed by atoms with Gasteiger partial charge in [0.15, 0.2) is 0 Å². The second kappa shape index (κ2) is 7.59. The summed E-state index contributed by atoms with van der Waals surface area (Å²) in [6, 6.07) is 5.99. The van der Waals surface area contributed by atoms with E-state index < -0.39 is 24.0 Å². The number of carbonyl (C=O) groups is 2. The number of para-hydroxylation sites is 1. The number of rotatable bonds is 6. The average Bonchev–Trinajstić information content (AvgIpc) is 2.51. The summed E-state index contributed by atoms with van der Waals surface area (Å²) in [6.45, 7) is -0.940. The third-order valence-electron chi connectivity index (χ3n) is 4.46. The second-order valence-electron chi connectivity index (χ2n) is 6.28. The van der Waals surface area contributed by atoms with Gasteiger partial charge in [-0.1, -0.05) is 25.1 Å². The molecule has 0 unspecified atom stereocenters. The number of carboxylic acids is 1. The number of nitrogens with one attached hydrogen (secondary N) is 1. The highest BCUT2D eigenvalue weighted by Crippen LogP contribution is 2.32. The van der Waals surface area contributed by atoms with Gasteiger partial charge >= 0.3 is 12.6 Å². The molecule has 0 bridgehead atoms. The number of alkyl halides is 2. The smallest absolute Gasteiger partial charge is 0.387 e. The van der Waals surface area contributed by atoms with E-state index in [4.69, 9.17) is 0 Å². The van der Waals surface area contributed by atoms with Gasteiger partial charge in [0.2, 0.25) is 5.91 Å². The van der Waals surface area contributed by atoms with Crippen LogP contribution in [0.15, 0.2) is 24.3 Å². The van der Waals surface area contributed by atoms with Gasteiger partial charge in [-0.25, -0.2) is 4.79 Å². The van der Waals surface area contributed by atoms with Gasteiger partial charge in [-0.05, 0) is 37.7 Å². The molecule has 0 aliphatic heterocycles. The van der Waals surface area contributed by atoms with Crippen LogP contribution in [0.1, 0.15) is 38.2 Å². The summed E-state index contributed by atoms with van der Waals surface area (Å²) in [5, 5.41) is 12.1. The molecule has 1 aliphatic carbocycles. The van der Waals surface area contributed by atoms with Gasteiger partial charge in [0.1, 0.15) is 11.3 Å². The van der Waals surface area contributed by atoms with Crippen molar-refractivity contribution in [3.8, 4) is 5.75 Å². The van der Waals surface area contributed by atoms with E-state index >= 15 is 0 Å². The van der Waals surface area contributed by atoms with Crippen molar-refractivity contribution < 1.29 is 28.2 Å². The van der Waals surface area contributed by atoms with Crippen LogP contribution < -0.4 is 10.1 Å². The molecule has 1 aromatic rings. The summed E-state index contributed by atoms with van der Waals surface area (Å²) in [5.41, 5.74) is -0.984. The summed E-state index contributed by atoms with van der Waals surface area (Å²) in [6.07, 6.45) is 1.96. The molecule has 0 saturated heterocycles. The maximum Gasteiger partial charge on any atom is 0.387 e. The number of hydrogen-bond donors (Lipinski definition) is 2. The SMILES string of the molecule is CC1CCC(NC(=O)Cc2ccccc2OC(F)F)(C(=O)O)CC1. The minimum Gasteiger partial charge on any atom is -0.480 e. The lowest BCUT2D eigenvalue weighted by Crippen LogP contribution is -2.56. The van der Waals surface area contributed by atoms with E-state index in [0.29, 0.717) is 24.3 Å². The molecular formula is C17H21F2NO4. The topological polar surface area (TPSA) is 75.6 Å². The summed E-state index contributed by atoms with van der Waals surface area (Å²) in [4.78, 5) is 23.9. The number of benzene rings is 1. The number of hydrogen-bond acceptors (Lipinski definition) is 3. The summed E-state index contributed by atoms with van der Waals surface area (Å²) < 4.78 is 29.2. The Morgan fingerprint density at radius 2 is 1.96 bits per heavy atom. The zero-order valence-electron chi connectivity index (χ0n) is 13.4. The Hall–Kier alpha value is -2.18. The quantitative estimate of drug-likeness (QED) is 0.834. The summed E-state index contributed by atoms with van der Waals surface area (Å²) >= 11 is 0. The van der Waals surface area contributed by atoms with Crippen molar-refractivity contribution in [1.29, 1.82) is 0 Å². The van der Waals surface area contributed by atoms with Crippen molar-refractivity contribution >= 4 is 11.9 Å². The molecule has 1 saturated carbocycles. The number of halogens is 2. The predicted molar refractivity (Wildman–Crippen MR) is 82.9 cm³/mol. The molecule has 24 heavy (non-hydrogen) atoms. The zero-order chi connectivity index (χ0) is 17.7. The molecule has 0 radical (unpaired) electrons. The fraction of sp³-hybridized carbons (Fsp3) is 0.529. The Balaban J connectivity index is 2.08. The lowest BCUT2D eigenvalue weighted by atomic mass is 9.77. The van der Waals surface area contributed by atoms with Crippen molar-refractivity contribution in [2.45, 2.75) is 51.2 Å². The minimum atomic E-state index is -2.99. The van der Waals surface area contributed by atoms with Gasteiger partial charge in [-0.3, -0.25) is 4.79 Å². The molecule has 0 spiro atoms. The number of carboxylic acid groups (broad SMARTS) is 1. The van der Waals surface area contributed by atoms with Crippen LogP contribution in [0.5, 0.6) is 5.75 Å². The van der Waals surface area contributed by atoms with Crippen molar-refractivity contribution in [1.82, 2.24) is 5.32 Å². The van der Waals surface area contributed by atoms with Crippen LogP contribution in [0.4, 0.5) is 8.78 Å².